The number of carbonyl (C=O) groups excluding carboxylic acids is 1. The molecule has 0 atom stereocenters. The molecule has 0 bridgehead atoms. The lowest BCUT2D eigenvalue weighted by atomic mass is 9.81. The van der Waals surface area contributed by atoms with Gasteiger partial charge in [0.25, 0.3) is 5.91 Å². The van der Waals surface area contributed by atoms with Crippen molar-refractivity contribution in [3.05, 3.63) is 64.3 Å². The van der Waals surface area contributed by atoms with Gasteiger partial charge in [0.15, 0.2) is 11.4 Å². The van der Waals surface area contributed by atoms with E-state index in [-0.39, 0.29) is 11.4 Å². The molecule has 0 saturated heterocycles. The van der Waals surface area contributed by atoms with Crippen LogP contribution in [0.1, 0.15) is 42.6 Å². The van der Waals surface area contributed by atoms with Gasteiger partial charge in [-0.2, -0.15) is 5.10 Å². The van der Waals surface area contributed by atoms with Crippen molar-refractivity contribution in [3.63, 3.8) is 0 Å². The Balaban J connectivity index is 1.86. The van der Waals surface area contributed by atoms with Crippen LogP contribution in [0.4, 0.5) is 0 Å². The van der Waals surface area contributed by atoms with E-state index in [1.807, 2.05) is 6.07 Å². The summed E-state index contributed by atoms with van der Waals surface area (Å²) in [6, 6.07) is 14.1. The van der Waals surface area contributed by atoms with Crippen molar-refractivity contribution in [1.29, 1.82) is 0 Å². The first-order chi connectivity index (χ1) is 15.9. The van der Waals surface area contributed by atoms with Crippen molar-refractivity contribution < 1.29 is 19.4 Å². The van der Waals surface area contributed by atoms with Crippen molar-refractivity contribution in [2.75, 3.05) is 7.11 Å². The fraction of sp³-hybridized carbons (Fsp3) is 0.292. The lowest BCUT2D eigenvalue weighted by Crippen LogP contribution is -2.55. The van der Waals surface area contributed by atoms with Gasteiger partial charge in [-0.1, -0.05) is 66.7 Å². The number of carboxylic acids is 1. The van der Waals surface area contributed by atoms with Gasteiger partial charge in [-0.15, -0.1) is 0 Å². The highest BCUT2D eigenvalue weighted by Crippen LogP contribution is 2.38. The maximum Gasteiger partial charge on any atom is 0.329 e. The molecular weight excluding hydrogens is 465 g/mol. The number of halogens is 2. The molecule has 1 heterocycles. The summed E-state index contributed by atoms with van der Waals surface area (Å²) < 4.78 is 7.17. The number of amides is 1. The Kier molecular flexibility index (Phi) is 6.63. The second-order valence-corrected chi connectivity index (χ2v) is 8.85. The molecule has 1 saturated carbocycles. The molecule has 9 heteroatoms. The third kappa shape index (κ3) is 4.43. The van der Waals surface area contributed by atoms with Crippen LogP contribution in [0.25, 0.3) is 16.9 Å². The number of carbonyl (C=O) groups is 2. The summed E-state index contributed by atoms with van der Waals surface area (Å²) in [4.78, 5) is 25.5. The molecule has 1 amide bonds. The van der Waals surface area contributed by atoms with Crippen LogP contribution in [0.15, 0.2) is 48.5 Å². The summed E-state index contributed by atoms with van der Waals surface area (Å²) in [5.41, 5.74) is 0.406. The third-order valence-electron chi connectivity index (χ3n) is 5.93. The van der Waals surface area contributed by atoms with E-state index in [0.29, 0.717) is 39.8 Å². The molecule has 0 spiro atoms. The normalized spacial score (nSPS) is 15.1. The SMILES string of the molecule is COc1c(C(=O)NC2(C(=O)O)CCCCC2)nn(-c2ccccc2Cl)c1-c1ccc(Cl)cc1. The van der Waals surface area contributed by atoms with Crippen LogP contribution in [-0.2, 0) is 4.79 Å². The number of ether oxygens (including phenoxy) is 1. The Morgan fingerprint density at radius 2 is 1.73 bits per heavy atom. The first kappa shape index (κ1) is 23.1. The number of hydrogen-bond acceptors (Lipinski definition) is 4. The average molecular weight is 488 g/mol. The van der Waals surface area contributed by atoms with E-state index in [4.69, 9.17) is 27.9 Å². The smallest absolute Gasteiger partial charge is 0.329 e. The zero-order chi connectivity index (χ0) is 23.6. The topological polar surface area (TPSA) is 93.4 Å². The lowest BCUT2D eigenvalue weighted by Gasteiger charge is -2.33. The van der Waals surface area contributed by atoms with Crippen LogP contribution >= 0.6 is 23.2 Å². The highest BCUT2D eigenvalue weighted by Gasteiger charge is 2.42. The second-order valence-electron chi connectivity index (χ2n) is 8.00. The Labute approximate surface area is 201 Å². The first-order valence-electron chi connectivity index (χ1n) is 10.6. The van der Waals surface area contributed by atoms with E-state index in [0.717, 1.165) is 19.3 Å². The minimum Gasteiger partial charge on any atom is -0.492 e. The number of nitrogens with one attached hydrogen (secondary N) is 1. The first-order valence-corrected chi connectivity index (χ1v) is 11.4. The summed E-state index contributed by atoms with van der Waals surface area (Å²) in [6.45, 7) is 0. The number of aromatic nitrogens is 2. The molecule has 0 aliphatic heterocycles. The summed E-state index contributed by atoms with van der Waals surface area (Å²) in [5, 5.41) is 18.2. The number of aliphatic carboxylic acids is 1. The Bertz CT molecular complexity index is 1180. The number of benzene rings is 2. The van der Waals surface area contributed by atoms with E-state index >= 15 is 0 Å². The van der Waals surface area contributed by atoms with Gasteiger partial charge in [-0.25, -0.2) is 9.48 Å². The highest BCUT2D eigenvalue weighted by molar-refractivity contribution is 6.32. The van der Waals surface area contributed by atoms with Crippen LogP contribution in [0.3, 0.4) is 0 Å². The molecule has 1 aliphatic rings. The number of rotatable bonds is 6. The van der Waals surface area contributed by atoms with E-state index in [1.54, 1.807) is 42.5 Å². The standard InChI is InChI=1S/C24H23Cl2N3O4/c1-33-21-19(22(30)27-24(23(31)32)13-5-2-6-14-24)28-29(18-8-4-3-7-17(18)26)20(21)15-9-11-16(25)12-10-15/h3-4,7-12H,2,5-6,13-14H2,1H3,(H,27,30)(H,31,32). The summed E-state index contributed by atoms with van der Waals surface area (Å²) in [7, 11) is 1.44. The predicted octanol–water partition coefficient (Wildman–Crippen LogP) is 5.37. The van der Waals surface area contributed by atoms with Crippen molar-refractivity contribution in [2.45, 2.75) is 37.6 Å². The Hall–Kier alpha value is -3.03. The van der Waals surface area contributed by atoms with Crippen molar-refractivity contribution in [1.82, 2.24) is 15.1 Å². The molecule has 3 aromatic rings. The van der Waals surface area contributed by atoms with Crippen LogP contribution in [0.2, 0.25) is 10.0 Å². The number of para-hydroxylation sites is 1. The molecule has 2 N–H and O–H groups in total. The average Bonchev–Trinajstić information content (AvgIpc) is 3.20. The summed E-state index contributed by atoms with van der Waals surface area (Å²) in [5.74, 6) is -1.44. The molecule has 0 unspecified atom stereocenters. The van der Waals surface area contributed by atoms with Gasteiger partial charge in [0.2, 0.25) is 0 Å². The molecule has 1 aromatic heterocycles. The van der Waals surface area contributed by atoms with E-state index in [9.17, 15) is 14.7 Å². The number of hydrogen-bond donors (Lipinski definition) is 2. The van der Waals surface area contributed by atoms with E-state index < -0.39 is 17.4 Å². The highest BCUT2D eigenvalue weighted by atomic mass is 35.5. The van der Waals surface area contributed by atoms with Gasteiger partial charge in [-0.05, 0) is 37.1 Å². The molecule has 1 fully saturated rings. The zero-order valence-corrected chi connectivity index (χ0v) is 19.5. The summed E-state index contributed by atoms with van der Waals surface area (Å²) >= 11 is 12.5. The predicted molar refractivity (Wildman–Crippen MR) is 126 cm³/mol. The van der Waals surface area contributed by atoms with Gasteiger partial charge in [0, 0.05) is 10.6 Å². The molecule has 172 valence electrons. The molecule has 4 rings (SSSR count). The van der Waals surface area contributed by atoms with Gasteiger partial charge >= 0.3 is 5.97 Å². The summed E-state index contributed by atoms with van der Waals surface area (Å²) in [6.07, 6.45) is 3.13. The van der Waals surface area contributed by atoms with E-state index in [2.05, 4.69) is 10.4 Å². The lowest BCUT2D eigenvalue weighted by molar-refractivity contribution is -0.145. The monoisotopic (exact) mass is 487 g/mol. The van der Waals surface area contributed by atoms with Gasteiger partial charge in [0.05, 0.1) is 17.8 Å². The number of nitrogens with zero attached hydrogens (tertiary/aromatic N) is 2. The van der Waals surface area contributed by atoms with E-state index in [1.165, 1.54) is 11.8 Å². The molecule has 2 aromatic carbocycles. The maximum atomic E-state index is 13.4. The zero-order valence-electron chi connectivity index (χ0n) is 18.0. The molecule has 33 heavy (non-hydrogen) atoms. The fourth-order valence-electron chi connectivity index (χ4n) is 4.23. The largest absolute Gasteiger partial charge is 0.492 e. The van der Waals surface area contributed by atoms with Crippen molar-refractivity contribution in [2.24, 2.45) is 0 Å². The number of carboxylic acid groups (broad SMARTS) is 1. The Morgan fingerprint density at radius 3 is 2.33 bits per heavy atom. The van der Waals surface area contributed by atoms with Crippen molar-refractivity contribution in [3.8, 4) is 22.7 Å². The molecule has 7 nitrogen and oxygen atoms in total. The Morgan fingerprint density at radius 1 is 1.06 bits per heavy atom. The fourth-order valence-corrected chi connectivity index (χ4v) is 4.57. The van der Waals surface area contributed by atoms with Crippen molar-refractivity contribution >= 4 is 35.1 Å². The maximum absolute atomic E-state index is 13.4. The van der Waals surface area contributed by atoms with Crippen LogP contribution in [0.5, 0.6) is 5.75 Å². The number of methoxy groups -OCH3 is 1. The molecule has 1 aliphatic carbocycles. The minimum absolute atomic E-state index is 0.0198. The van der Waals surface area contributed by atoms with Crippen LogP contribution in [-0.4, -0.2) is 39.4 Å². The van der Waals surface area contributed by atoms with Gasteiger partial charge in [-0.3, -0.25) is 4.79 Å². The quantitative estimate of drug-likeness (QED) is 0.487. The third-order valence-corrected chi connectivity index (χ3v) is 6.50. The van der Waals surface area contributed by atoms with Gasteiger partial charge in [0.1, 0.15) is 11.2 Å². The minimum atomic E-state index is -1.32. The van der Waals surface area contributed by atoms with Crippen LogP contribution in [0, 0.1) is 0 Å². The molecule has 0 radical (unpaired) electrons. The van der Waals surface area contributed by atoms with Crippen LogP contribution < -0.4 is 10.1 Å². The molecular formula is C24H23Cl2N3O4. The second kappa shape index (κ2) is 9.45. The van der Waals surface area contributed by atoms with Gasteiger partial charge < -0.3 is 15.2 Å².